The fraction of sp³-hybridized carbons (Fsp3) is 0.938. The minimum Gasteiger partial charge on any atom is -0.341 e. The first-order valence-electron chi connectivity index (χ1n) is 8.52. The first-order valence-corrected chi connectivity index (χ1v) is 8.52. The van der Waals surface area contributed by atoms with E-state index in [-0.39, 0.29) is 5.92 Å². The third-order valence-electron chi connectivity index (χ3n) is 5.64. The Morgan fingerprint density at radius 1 is 1.00 bits per heavy atom. The maximum atomic E-state index is 12.8. The first-order chi connectivity index (χ1) is 9.79. The van der Waals surface area contributed by atoms with Gasteiger partial charge in [-0.1, -0.05) is 6.42 Å². The van der Waals surface area contributed by atoms with E-state index < -0.39 is 0 Å². The minimum absolute atomic E-state index is 0.220. The SMILES string of the molecule is NC[C@H]1CCC[C@H]1C(=O)N1CCCC(N2CCCC2)C1. The van der Waals surface area contributed by atoms with Gasteiger partial charge in [-0.2, -0.15) is 0 Å². The van der Waals surface area contributed by atoms with Gasteiger partial charge in [-0.25, -0.2) is 0 Å². The quantitative estimate of drug-likeness (QED) is 0.850. The van der Waals surface area contributed by atoms with Crippen molar-refractivity contribution in [3.63, 3.8) is 0 Å². The van der Waals surface area contributed by atoms with Crippen LogP contribution in [0.2, 0.25) is 0 Å². The molecule has 0 radical (unpaired) electrons. The zero-order valence-corrected chi connectivity index (χ0v) is 12.6. The molecule has 2 aliphatic heterocycles. The van der Waals surface area contributed by atoms with Crippen LogP contribution in [0.5, 0.6) is 0 Å². The topological polar surface area (TPSA) is 49.6 Å². The van der Waals surface area contributed by atoms with E-state index in [0.29, 0.717) is 24.4 Å². The molecule has 4 heteroatoms. The lowest BCUT2D eigenvalue weighted by atomic mass is 9.93. The van der Waals surface area contributed by atoms with Gasteiger partial charge >= 0.3 is 0 Å². The number of carbonyl (C=O) groups excluding carboxylic acids is 1. The van der Waals surface area contributed by atoms with Gasteiger partial charge in [-0.15, -0.1) is 0 Å². The minimum atomic E-state index is 0.220. The van der Waals surface area contributed by atoms with Crippen LogP contribution in [0.15, 0.2) is 0 Å². The summed E-state index contributed by atoms with van der Waals surface area (Å²) in [5.74, 6) is 1.06. The highest BCUT2D eigenvalue weighted by Gasteiger charge is 2.37. The third kappa shape index (κ3) is 2.86. The van der Waals surface area contributed by atoms with E-state index in [1.54, 1.807) is 0 Å². The highest BCUT2D eigenvalue weighted by atomic mass is 16.2. The van der Waals surface area contributed by atoms with E-state index in [0.717, 1.165) is 25.9 Å². The summed E-state index contributed by atoms with van der Waals surface area (Å²) in [5.41, 5.74) is 5.84. The highest BCUT2D eigenvalue weighted by molar-refractivity contribution is 5.79. The van der Waals surface area contributed by atoms with Crippen LogP contribution in [0, 0.1) is 11.8 Å². The Balaban J connectivity index is 1.59. The van der Waals surface area contributed by atoms with Crippen LogP contribution < -0.4 is 5.73 Å². The van der Waals surface area contributed by atoms with E-state index in [9.17, 15) is 4.79 Å². The van der Waals surface area contributed by atoms with Gasteiger partial charge in [0.15, 0.2) is 0 Å². The molecule has 20 heavy (non-hydrogen) atoms. The summed E-state index contributed by atoms with van der Waals surface area (Å²) in [6, 6.07) is 0.618. The van der Waals surface area contributed by atoms with Crippen LogP contribution in [-0.2, 0) is 4.79 Å². The Morgan fingerprint density at radius 2 is 1.80 bits per heavy atom. The van der Waals surface area contributed by atoms with Crippen LogP contribution in [0.3, 0.4) is 0 Å². The number of nitrogens with zero attached hydrogens (tertiary/aromatic N) is 2. The van der Waals surface area contributed by atoms with Crippen LogP contribution in [0.4, 0.5) is 0 Å². The Kier molecular flexibility index (Phi) is 4.61. The second-order valence-corrected chi connectivity index (χ2v) is 6.86. The molecule has 2 N–H and O–H groups in total. The lowest BCUT2D eigenvalue weighted by molar-refractivity contribution is -0.138. The van der Waals surface area contributed by atoms with Crippen molar-refractivity contribution < 1.29 is 4.79 Å². The largest absolute Gasteiger partial charge is 0.341 e. The molecular weight excluding hydrogens is 250 g/mol. The van der Waals surface area contributed by atoms with Crippen molar-refractivity contribution >= 4 is 5.91 Å². The van der Waals surface area contributed by atoms with Crippen molar-refractivity contribution in [1.29, 1.82) is 0 Å². The van der Waals surface area contributed by atoms with Crippen molar-refractivity contribution in [1.82, 2.24) is 9.80 Å². The molecule has 1 amide bonds. The van der Waals surface area contributed by atoms with Crippen molar-refractivity contribution in [3.05, 3.63) is 0 Å². The predicted molar refractivity (Wildman–Crippen MR) is 80.3 cm³/mol. The molecule has 0 aromatic heterocycles. The molecule has 0 aromatic carbocycles. The number of hydrogen-bond acceptors (Lipinski definition) is 3. The lowest BCUT2D eigenvalue weighted by Crippen LogP contribution is -2.51. The number of likely N-dealkylation sites (tertiary alicyclic amines) is 2. The van der Waals surface area contributed by atoms with Gasteiger partial charge in [0.2, 0.25) is 5.91 Å². The molecule has 2 saturated heterocycles. The van der Waals surface area contributed by atoms with E-state index in [1.807, 2.05) is 0 Å². The summed E-state index contributed by atoms with van der Waals surface area (Å²) in [7, 11) is 0. The molecule has 2 heterocycles. The van der Waals surface area contributed by atoms with Crippen molar-refractivity contribution in [2.75, 3.05) is 32.7 Å². The van der Waals surface area contributed by atoms with E-state index >= 15 is 0 Å². The average Bonchev–Trinajstić information content (AvgIpc) is 3.17. The molecule has 4 nitrogen and oxygen atoms in total. The summed E-state index contributed by atoms with van der Waals surface area (Å²) in [6.07, 6.45) is 8.51. The van der Waals surface area contributed by atoms with Gasteiger partial charge < -0.3 is 10.6 Å². The molecule has 114 valence electrons. The Morgan fingerprint density at radius 3 is 2.55 bits per heavy atom. The van der Waals surface area contributed by atoms with Crippen LogP contribution in [0.1, 0.15) is 44.9 Å². The van der Waals surface area contributed by atoms with Crippen LogP contribution >= 0.6 is 0 Å². The Labute approximate surface area is 122 Å². The van der Waals surface area contributed by atoms with Gasteiger partial charge in [0.1, 0.15) is 0 Å². The van der Waals surface area contributed by atoms with E-state index in [2.05, 4.69) is 9.80 Å². The number of hydrogen-bond donors (Lipinski definition) is 1. The third-order valence-corrected chi connectivity index (χ3v) is 5.64. The van der Waals surface area contributed by atoms with Gasteiger partial charge in [-0.05, 0) is 64.1 Å². The fourth-order valence-electron chi connectivity index (χ4n) is 4.44. The number of rotatable bonds is 3. The Bertz CT molecular complexity index is 341. The molecule has 1 aliphatic carbocycles. The van der Waals surface area contributed by atoms with Gasteiger partial charge in [0, 0.05) is 25.0 Å². The van der Waals surface area contributed by atoms with E-state index in [4.69, 9.17) is 5.73 Å². The second kappa shape index (κ2) is 6.44. The van der Waals surface area contributed by atoms with E-state index in [1.165, 1.54) is 45.2 Å². The summed E-state index contributed by atoms with van der Waals surface area (Å²) in [5, 5.41) is 0. The second-order valence-electron chi connectivity index (χ2n) is 6.86. The van der Waals surface area contributed by atoms with Crippen LogP contribution in [-0.4, -0.2) is 54.5 Å². The van der Waals surface area contributed by atoms with Gasteiger partial charge in [0.05, 0.1) is 0 Å². The predicted octanol–water partition coefficient (Wildman–Crippen LogP) is 1.45. The maximum absolute atomic E-state index is 12.8. The monoisotopic (exact) mass is 279 g/mol. The summed E-state index contributed by atoms with van der Waals surface area (Å²) in [6.45, 7) is 5.09. The average molecular weight is 279 g/mol. The molecule has 3 aliphatic rings. The highest BCUT2D eigenvalue weighted by Crippen LogP contribution is 2.33. The van der Waals surface area contributed by atoms with Crippen molar-refractivity contribution in [3.8, 4) is 0 Å². The number of carbonyl (C=O) groups is 1. The fourth-order valence-corrected chi connectivity index (χ4v) is 4.44. The molecule has 3 atom stereocenters. The molecule has 1 unspecified atom stereocenters. The standard InChI is InChI=1S/C16H29N3O/c17-11-13-5-3-7-15(13)16(20)19-10-4-6-14(12-19)18-8-1-2-9-18/h13-15H,1-12,17H2/t13-,14?,15-/m1/s1. The zero-order valence-electron chi connectivity index (χ0n) is 12.6. The molecule has 0 spiro atoms. The maximum Gasteiger partial charge on any atom is 0.226 e. The first kappa shape index (κ1) is 14.3. The van der Waals surface area contributed by atoms with Gasteiger partial charge in [0.25, 0.3) is 0 Å². The number of piperidine rings is 1. The summed E-state index contributed by atoms with van der Waals surface area (Å²) >= 11 is 0. The van der Waals surface area contributed by atoms with Crippen molar-refractivity contribution in [2.45, 2.75) is 51.0 Å². The molecular formula is C16H29N3O. The van der Waals surface area contributed by atoms with Gasteiger partial charge in [-0.3, -0.25) is 9.69 Å². The molecule has 3 fully saturated rings. The lowest BCUT2D eigenvalue weighted by Gasteiger charge is -2.39. The molecule has 0 bridgehead atoms. The number of nitrogens with two attached hydrogens (primary N) is 1. The Hall–Kier alpha value is -0.610. The summed E-state index contributed by atoms with van der Waals surface area (Å²) < 4.78 is 0. The van der Waals surface area contributed by atoms with Crippen molar-refractivity contribution in [2.24, 2.45) is 17.6 Å². The zero-order chi connectivity index (χ0) is 13.9. The van der Waals surface area contributed by atoms with Crippen LogP contribution in [0.25, 0.3) is 0 Å². The summed E-state index contributed by atoms with van der Waals surface area (Å²) in [4.78, 5) is 17.5. The smallest absolute Gasteiger partial charge is 0.226 e. The number of amides is 1. The molecule has 1 saturated carbocycles. The molecule has 0 aromatic rings. The molecule has 3 rings (SSSR count). The normalized spacial score (nSPS) is 35.6.